The van der Waals surface area contributed by atoms with Crippen molar-refractivity contribution in [2.45, 2.75) is 13.0 Å². The normalized spacial score (nSPS) is 13.1. The summed E-state index contributed by atoms with van der Waals surface area (Å²) in [6.07, 6.45) is 2.76. The summed E-state index contributed by atoms with van der Waals surface area (Å²) in [7, 11) is 1.89. The molecule has 0 bridgehead atoms. The molecule has 0 radical (unpaired) electrons. The van der Waals surface area contributed by atoms with Crippen LogP contribution in [0.2, 0.25) is 0 Å². The molecule has 2 aromatic rings. The monoisotopic (exact) mass is 209 g/mol. The van der Waals surface area contributed by atoms with Crippen molar-refractivity contribution in [3.8, 4) is 0 Å². The number of nitrogens with zero attached hydrogens (tertiary/aromatic N) is 3. The van der Waals surface area contributed by atoms with Crippen LogP contribution in [-0.4, -0.2) is 19.6 Å². The Morgan fingerprint density at radius 2 is 2.29 bits per heavy atom. The summed E-state index contributed by atoms with van der Waals surface area (Å²) >= 11 is 1.44. The Bertz CT molecular complexity index is 421. The Hall–Kier alpha value is -1.20. The van der Waals surface area contributed by atoms with Gasteiger partial charge in [-0.3, -0.25) is 4.98 Å². The smallest absolute Gasteiger partial charge is 0.131 e. The van der Waals surface area contributed by atoms with Crippen molar-refractivity contribution in [1.82, 2.24) is 14.5 Å². The first-order chi connectivity index (χ1) is 6.70. The van der Waals surface area contributed by atoms with Crippen molar-refractivity contribution in [3.63, 3.8) is 0 Å². The third-order valence-electron chi connectivity index (χ3n) is 2.26. The van der Waals surface area contributed by atoms with Gasteiger partial charge >= 0.3 is 0 Å². The maximum atomic E-state index is 9.98. The standard InChI is InChI=1S/C9H11N3OS/c1-6-11-3-7(12(6)2)9(13)8-4-10-5-14-8/h3-5,9,13H,1-2H3. The van der Waals surface area contributed by atoms with Crippen LogP contribution in [0.1, 0.15) is 22.5 Å². The largest absolute Gasteiger partial charge is 0.381 e. The van der Waals surface area contributed by atoms with Crippen molar-refractivity contribution in [3.05, 3.63) is 34.3 Å². The number of imidazole rings is 1. The van der Waals surface area contributed by atoms with Crippen LogP contribution in [0, 0.1) is 6.92 Å². The van der Waals surface area contributed by atoms with Gasteiger partial charge in [-0.25, -0.2) is 4.98 Å². The van der Waals surface area contributed by atoms with E-state index in [0.29, 0.717) is 0 Å². The summed E-state index contributed by atoms with van der Waals surface area (Å²) in [4.78, 5) is 8.91. The van der Waals surface area contributed by atoms with Crippen LogP contribution in [0.25, 0.3) is 0 Å². The summed E-state index contributed by atoms with van der Waals surface area (Å²) in [5.74, 6) is 0.892. The molecule has 2 aromatic heterocycles. The number of aliphatic hydroxyl groups excluding tert-OH is 1. The van der Waals surface area contributed by atoms with Crippen LogP contribution in [0.3, 0.4) is 0 Å². The molecular formula is C9H11N3OS. The van der Waals surface area contributed by atoms with Crippen molar-refractivity contribution in [2.24, 2.45) is 7.05 Å². The molecule has 1 N–H and O–H groups in total. The Kier molecular flexibility index (Phi) is 2.35. The molecule has 1 atom stereocenters. The fourth-order valence-corrected chi connectivity index (χ4v) is 1.89. The molecule has 0 aliphatic carbocycles. The van der Waals surface area contributed by atoms with Crippen LogP contribution in [-0.2, 0) is 7.05 Å². The van der Waals surface area contributed by atoms with Gasteiger partial charge in [-0.1, -0.05) is 0 Å². The van der Waals surface area contributed by atoms with Crippen LogP contribution in [0.4, 0.5) is 0 Å². The van der Waals surface area contributed by atoms with E-state index in [1.54, 1.807) is 17.9 Å². The number of thiazole rings is 1. The van der Waals surface area contributed by atoms with Gasteiger partial charge in [-0.2, -0.15) is 0 Å². The van der Waals surface area contributed by atoms with Gasteiger partial charge in [0.05, 0.1) is 22.3 Å². The second-order valence-corrected chi connectivity index (χ2v) is 4.01. The van der Waals surface area contributed by atoms with Crippen molar-refractivity contribution >= 4 is 11.3 Å². The number of aromatic nitrogens is 3. The van der Waals surface area contributed by atoms with Gasteiger partial charge in [0, 0.05) is 13.2 Å². The predicted molar refractivity (Wildman–Crippen MR) is 54.1 cm³/mol. The van der Waals surface area contributed by atoms with E-state index in [9.17, 15) is 5.11 Å². The molecule has 0 spiro atoms. The second-order valence-electron chi connectivity index (χ2n) is 3.10. The van der Waals surface area contributed by atoms with Crippen molar-refractivity contribution in [1.29, 1.82) is 0 Å². The van der Waals surface area contributed by atoms with Crippen molar-refractivity contribution in [2.75, 3.05) is 0 Å². The first-order valence-electron chi connectivity index (χ1n) is 4.25. The lowest BCUT2D eigenvalue weighted by molar-refractivity contribution is 0.215. The summed E-state index contributed by atoms with van der Waals surface area (Å²) in [5, 5.41) is 9.98. The van der Waals surface area contributed by atoms with E-state index in [-0.39, 0.29) is 0 Å². The Morgan fingerprint density at radius 3 is 2.79 bits per heavy atom. The molecule has 0 aliphatic rings. The highest BCUT2D eigenvalue weighted by molar-refractivity contribution is 7.09. The highest BCUT2D eigenvalue weighted by Crippen LogP contribution is 2.24. The first kappa shape index (κ1) is 9.36. The number of hydrogen-bond donors (Lipinski definition) is 1. The van der Waals surface area contributed by atoms with Crippen LogP contribution >= 0.6 is 11.3 Å². The lowest BCUT2D eigenvalue weighted by Gasteiger charge is -2.08. The van der Waals surface area contributed by atoms with Gasteiger partial charge in [0.1, 0.15) is 11.9 Å². The van der Waals surface area contributed by atoms with E-state index in [1.165, 1.54) is 11.3 Å². The predicted octanol–water partition coefficient (Wildman–Crippen LogP) is 1.27. The average Bonchev–Trinajstić information content (AvgIpc) is 2.77. The van der Waals surface area contributed by atoms with Gasteiger partial charge in [0.25, 0.3) is 0 Å². The van der Waals surface area contributed by atoms with Crippen LogP contribution < -0.4 is 0 Å². The zero-order valence-corrected chi connectivity index (χ0v) is 8.82. The van der Waals surface area contributed by atoms with E-state index in [2.05, 4.69) is 9.97 Å². The molecule has 0 aliphatic heterocycles. The summed E-state index contributed by atoms with van der Waals surface area (Å²) < 4.78 is 1.88. The molecule has 1 unspecified atom stereocenters. The minimum atomic E-state index is -0.617. The van der Waals surface area contributed by atoms with E-state index < -0.39 is 6.10 Å². The fraction of sp³-hybridized carbons (Fsp3) is 0.333. The molecule has 0 saturated heterocycles. The first-order valence-corrected chi connectivity index (χ1v) is 5.13. The molecule has 0 amide bonds. The average molecular weight is 209 g/mol. The second kappa shape index (κ2) is 3.51. The maximum absolute atomic E-state index is 9.98. The summed E-state index contributed by atoms with van der Waals surface area (Å²) in [5.41, 5.74) is 2.51. The number of aliphatic hydroxyl groups is 1. The van der Waals surface area contributed by atoms with Gasteiger partial charge in [0.2, 0.25) is 0 Å². The number of aryl methyl sites for hydroxylation is 1. The molecule has 5 heteroatoms. The zero-order chi connectivity index (χ0) is 10.1. The third kappa shape index (κ3) is 1.44. The fourth-order valence-electron chi connectivity index (χ4n) is 1.28. The highest BCUT2D eigenvalue weighted by atomic mass is 32.1. The Labute approximate surface area is 85.9 Å². The Morgan fingerprint density at radius 1 is 1.50 bits per heavy atom. The summed E-state index contributed by atoms with van der Waals surface area (Å²) in [6.45, 7) is 1.91. The Balaban J connectivity index is 2.36. The van der Waals surface area contributed by atoms with E-state index in [0.717, 1.165) is 16.4 Å². The zero-order valence-electron chi connectivity index (χ0n) is 8.01. The lowest BCUT2D eigenvalue weighted by Crippen LogP contribution is -2.05. The quantitative estimate of drug-likeness (QED) is 0.810. The van der Waals surface area contributed by atoms with E-state index in [1.807, 2.05) is 18.5 Å². The van der Waals surface area contributed by atoms with Gasteiger partial charge < -0.3 is 9.67 Å². The van der Waals surface area contributed by atoms with Crippen LogP contribution in [0.5, 0.6) is 0 Å². The molecular weight excluding hydrogens is 198 g/mol. The van der Waals surface area contributed by atoms with Crippen LogP contribution in [0.15, 0.2) is 17.9 Å². The number of hydrogen-bond acceptors (Lipinski definition) is 4. The molecule has 2 rings (SSSR count). The van der Waals surface area contributed by atoms with E-state index >= 15 is 0 Å². The summed E-state index contributed by atoms with van der Waals surface area (Å²) in [6, 6.07) is 0. The highest BCUT2D eigenvalue weighted by Gasteiger charge is 2.16. The van der Waals surface area contributed by atoms with Gasteiger partial charge in [-0.05, 0) is 6.92 Å². The topological polar surface area (TPSA) is 50.9 Å². The molecule has 74 valence electrons. The molecule has 2 heterocycles. The van der Waals surface area contributed by atoms with Gasteiger partial charge in [0.15, 0.2) is 0 Å². The molecule has 14 heavy (non-hydrogen) atoms. The van der Waals surface area contributed by atoms with Crippen molar-refractivity contribution < 1.29 is 5.11 Å². The SMILES string of the molecule is Cc1ncc(C(O)c2cncs2)n1C. The van der Waals surface area contributed by atoms with E-state index in [4.69, 9.17) is 0 Å². The minimum Gasteiger partial charge on any atom is -0.381 e. The molecule has 0 aromatic carbocycles. The van der Waals surface area contributed by atoms with Gasteiger partial charge in [-0.15, -0.1) is 11.3 Å². The molecule has 4 nitrogen and oxygen atoms in total. The minimum absolute atomic E-state index is 0.617. The molecule has 0 fully saturated rings. The maximum Gasteiger partial charge on any atom is 0.131 e. The third-order valence-corrected chi connectivity index (χ3v) is 3.09. The lowest BCUT2D eigenvalue weighted by atomic mass is 10.2. The number of rotatable bonds is 2. The molecule has 0 saturated carbocycles.